The number of allylic oxidation sites excluding steroid dienone is 4. The lowest BCUT2D eigenvalue weighted by Gasteiger charge is -2.12. The molecule has 0 aromatic heterocycles. The van der Waals surface area contributed by atoms with Crippen LogP contribution in [0.15, 0.2) is 89.4 Å². The number of rotatable bonds is 3. The summed E-state index contributed by atoms with van der Waals surface area (Å²) in [6, 6.07) is 23.1. The van der Waals surface area contributed by atoms with Crippen LogP contribution in [0.2, 0.25) is 0 Å². The van der Waals surface area contributed by atoms with Crippen molar-refractivity contribution >= 4 is 28.2 Å². The summed E-state index contributed by atoms with van der Waals surface area (Å²) in [4.78, 5) is 4.72. The van der Waals surface area contributed by atoms with Gasteiger partial charge < -0.3 is 0 Å². The topological polar surface area (TPSA) is 12.4 Å². The van der Waals surface area contributed by atoms with E-state index in [2.05, 4.69) is 55.5 Å². The molecule has 0 bridgehead atoms. The molecule has 1 heteroatoms. The Labute approximate surface area is 142 Å². The van der Waals surface area contributed by atoms with Crippen molar-refractivity contribution in [3.8, 4) is 0 Å². The van der Waals surface area contributed by atoms with Crippen molar-refractivity contribution in [1.29, 1.82) is 0 Å². The second-order valence-corrected chi connectivity index (χ2v) is 6.11. The zero-order valence-electron chi connectivity index (χ0n) is 13.7. The van der Waals surface area contributed by atoms with Gasteiger partial charge in [0.05, 0.1) is 5.69 Å². The molecule has 0 aliphatic heterocycles. The van der Waals surface area contributed by atoms with Crippen LogP contribution < -0.4 is 0 Å². The van der Waals surface area contributed by atoms with Crippen LogP contribution in [0, 0.1) is 0 Å². The molecule has 0 fully saturated rings. The molecule has 0 atom stereocenters. The van der Waals surface area contributed by atoms with E-state index in [0.29, 0.717) is 0 Å². The molecule has 0 saturated carbocycles. The Morgan fingerprint density at radius 1 is 0.875 bits per heavy atom. The van der Waals surface area contributed by atoms with Gasteiger partial charge in [-0.25, -0.2) is 0 Å². The van der Waals surface area contributed by atoms with E-state index in [-0.39, 0.29) is 0 Å². The van der Waals surface area contributed by atoms with Gasteiger partial charge in [-0.1, -0.05) is 66.7 Å². The molecule has 4 rings (SSSR count). The molecule has 1 aliphatic rings. The highest BCUT2D eigenvalue weighted by molar-refractivity contribution is 6.05. The third kappa shape index (κ3) is 2.69. The molecule has 1 aliphatic carbocycles. The summed E-state index contributed by atoms with van der Waals surface area (Å²) >= 11 is 0. The van der Waals surface area contributed by atoms with Gasteiger partial charge in [0.1, 0.15) is 0 Å². The molecule has 0 saturated heterocycles. The fourth-order valence-electron chi connectivity index (χ4n) is 3.29. The summed E-state index contributed by atoms with van der Waals surface area (Å²) in [6.45, 7) is 2.19. The van der Waals surface area contributed by atoms with Gasteiger partial charge in [0.15, 0.2) is 0 Å². The summed E-state index contributed by atoms with van der Waals surface area (Å²) in [5.74, 6) is 0. The van der Waals surface area contributed by atoms with Crippen molar-refractivity contribution in [2.24, 2.45) is 4.99 Å². The Kier molecular flexibility index (Phi) is 3.84. The highest BCUT2D eigenvalue weighted by Gasteiger charge is 2.13. The zero-order chi connectivity index (χ0) is 16.4. The van der Waals surface area contributed by atoms with E-state index in [9.17, 15) is 0 Å². The monoisotopic (exact) mass is 309 g/mol. The van der Waals surface area contributed by atoms with E-state index in [1.54, 1.807) is 0 Å². The highest BCUT2D eigenvalue weighted by Crippen LogP contribution is 2.33. The first-order chi connectivity index (χ1) is 11.8. The molecule has 24 heavy (non-hydrogen) atoms. The van der Waals surface area contributed by atoms with E-state index in [4.69, 9.17) is 4.99 Å². The summed E-state index contributed by atoms with van der Waals surface area (Å²) in [7, 11) is 0. The molecule has 0 spiro atoms. The van der Waals surface area contributed by atoms with Crippen molar-refractivity contribution < 1.29 is 0 Å². The average Bonchev–Trinajstić information content (AvgIpc) is 3.06. The van der Waals surface area contributed by atoms with Crippen molar-refractivity contribution in [3.63, 3.8) is 0 Å². The van der Waals surface area contributed by atoms with E-state index >= 15 is 0 Å². The lowest BCUT2D eigenvalue weighted by Crippen LogP contribution is -1.95. The number of nitrogens with zero attached hydrogens (tertiary/aromatic N) is 1. The molecule has 3 aromatic rings. The van der Waals surface area contributed by atoms with Crippen molar-refractivity contribution in [2.75, 3.05) is 0 Å². The Hall–Kier alpha value is -2.93. The molecule has 3 aromatic carbocycles. The van der Waals surface area contributed by atoms with E-state index in [1.807, 2.05) is 36.5 Å². The van der Waals surface area contributed by atoms with Crippen LogP contribution in [0.1, 0.15) is 24.5 Å². The lowest BCUT2D eigenvalue weighted by atomic mass is 9.92. The van der Waals surface area contributed by atoms with Crippen LogP contribution in [0.5, 0.6) is 0 Å². The standard InChI is InChI=1S/C23H19N/c1-17-8-7-13-20(17)22-15-14-18-9-5-6-12-21(18)23(22)16-24-19-10-3-2-4-11-19/h2-12,14-16H,13H2,1H3. The van der Waals surface area contributed by atoms with Gasteiger partial charge >= 0.3 is 0 Å². The average molecular weight is 309 g/mol. The number of fused-ring (bicyclic) bond motifs is 1. The summed E-state index contributed by atoms with van der Waals surface area (Å²) in [5.41, 5.74) is 6.22. The van der Waals surface area contributed by atoms with E-state index < -0.39 is 0 Å². The molecule has 0 N–H and O–H groups in total. The Morgan fingerprint density at radius 3 is 2.46 bits per heavy atom. The molecule has 0 heterocycles. The number of hydrogen-bond donors (Lipinski definition) is 0. The molecule has 0 amide bonds. The smallest absolute Gasteiger partial charge is 0.0629 e. The highest BCUT2D eigenvalue weighted by atomic mass is 14.7. The molecular weight excluding hydrogens is 290 g/mol. The largest absolute Gasteiger partial charge is 0.256 e. The summed E-state index contributed by atoms with van der Waals surface area (Å²) in [6.07, 6.45) is 7.46. The van der Waals surface area contributed by atoms with Crippen LogP contribution in [0.25, 0.3) is 16.3 Å². The molecule has 116 valence electrons. The van der Waals surface area contributed by atoms with Crippen molar-refractivity contribution in [3.05, 3.63) is 95.6 Å². The Morgan fingerprint density at radius 2 is 1.67 bits per heavy atom. The number of aliphatic imine (C=N–C) groups is 1. The van der Waals surface area contributed by atoms with Crippen molar-refractivity contribution in [2.45, 2.75) is 13.3 Å². The van der Waals surface area contributed by atoms with Crippen LogP contribution in [0.3, 0.4) is 0 Å². The third-order valence-electron chi connectivity index (χ3n) is 4.56. The van der Waals surface area contributed by atoms with Gasteiger partial charge in [-0.15, -0.1) is 0 Å². The van der Waals surface area contributed by atoms with Crippen LogP contribution in [-0.4, -0.2) is 6.21 Å². The maximum Gasteiger partial charge on any atom is 0.0629 e. The van der Waals surface area contributed by atoms with Crippen LogP contribution >= 0.6 is 0 Å². The number of benzene rings is 3. The maximum atomic E-state index is 4.72. The molecule has 0 unspecified atom stereocenters. The number of para-hydroxylation sites is 1. The quantitative estimate of drug-likeness (QED) is 0.502. The minimum absolute atomic E-state index is 0.978. The minimum atomic E-state index is 0.978. The van der Waals surface area contributed by atoms with Gasteiger partial charge in [-0.2, -0.15) is 0 Å². The molecular formula is C23H19N. The lowest BCUT2D eigenvalue weighted by molar-refractivity contribution is 1.41. The summed E-state index contributed by atoms with van der Waals surface area (Å²) in [5, 5.41) is 2.50. The SMILES string of the molecule is CC1=C(c2ccc3ccccc3c2C=Nc2ccccc2)CC=C1. The first-order valence-electron chi connectivity index (χ1n) is 8.30. The molecule has 0 radical (unpaired) electrons. The van der Waals surface area contributed by atoms with Crippen molar-refractivity contribution in [1.82, 2.24) is 0 Å². The zero-order valence-corrected chi connectivity index (χ0v) is 13.7. The predicted molar refractivity (Wildman–Crippen MR) is 104 cm³/mol. The van der Waals surface area contributed by atoms with Gasteiger partial charge in [-0.3, -0.25) is 4.99 Å². The van der Waals surface area contributed by atoms with Crippen LogP contribution in [0.4, 0.5) is 5.69 Å². The fourth-order valence-corrected chi connectivity index (χ4v) is 3.29. The Bertz CT molecular complexity index is 975. The minimum Gasteiger partial charge on any atom is -0.256 e. The Balaban J connectivity index is 1.90. The van der Waals surface area contributed by atoms with Gasteiger partial charge in [0, 0.05) is 11.8 Å². The van der Waals surface area contributed by atoms with Crippen LogP contribution in [-0.2, 0) is 0 Å². The first kappa shape index (κ1) is 14.6. The van der Waals surface area contributed by atoms with E-state index in [1.165, 1.54) is 33.0 Å². The van der Waals surface area contributed by atoms with E-state index in [0.717, 1.165) is 12.1 Å². The first-order valence-corrected chi connectivity index (χ1v) is 8.30. The number of hydrogen-bond acceptors (Lipinski definition) is 1. The normalized spacial score (nSPS) is 14.2. The fraction of sp³-hybridized carbons (Fsp3) is 0.0870. The molecule has 1 nitrogen and oxygen atoms in total. The van der Waals surface area contributed by atoms with Gasteiger partial charge in [-0.05, 0) is 53.0 Å². The van der Waals surface area contributed by atoms with Gasteiger partial charge in [0.2, 0.25) is 0 Å². The predicted octanol–water partition coefficient (Wildman–Crippen LogP) is 6.32. The maximum absolute atomic E-state index is 4.72. The third-order valence-corrected chi connectivity index (χ3v) is 4.56. The second kappa shape index (κ2) is 6.29. The second-order valence-electron chi connectivity index (χ2n) is 6.11. The summed E-state index contributed by atoms with van der Waals surface area (Å²) < 4.78 is 0. The van der Waals surface area contributed by atoms with Gasteiger partial charge in [0.25, 0.3) is 0 Å².